The minimum Gasteiger partial charge on any atom is -0.352 e. The second-order valence-electron chi connectivity index (χ2n) is 7.59. The summed E-state index contributed by atoms with van der Waals surface area (Å²) in [5.74, 6) is 1.06. The van der Waals surface area contributed by atoms with Crippen LogP contribution in [0.5, 0.6) is 0 Å². The number of sulfonamides is 1. The van der Waals surface area contributed by atoms with E-state index in [0.29, 0.717) is 54.6 Å². The van der Waals surface area contributed by atoms with Gasteiger partial charge in [0.15, 0.2) is 5.82 Å². The highest BCUT2D eigenvalue weighted by Crippen LogP contribution is 2.23. The fourth-order valence-corrected chi connectivity index (χ4v) is 5.10. The summed E-state index contributed by atoms with van der Waals surface area (Å²) in [6.45, 7) is 3.17. The maximum Gasteiger partial charge on any atom is 0.257 e. The van der Waals surface area contributed by atoms with Crippen LogP contribution in [0.25, 0.3) is 11.5 Å². The quantitative estimate of drug-likeness (QED) is 0.632. The number of aromatic nitrogens is 2. The first kappa shape index (κ1) is 21.2. The van der Waals surface area contributed by atoms with Crippen molar-refractivity contribution in [3.05, 3.63) is 66.0 Å². The van der Waals surface area contributed by atoms with Crippen molar-refractivity contribution in [2.24, 2.45) is 5.92 Å². The van der Waals surface area contributed by atoms with E-state index in [1.54, 1.807) is 61.5 Å². The SMILES string of the molecule is Cc1noc(-c2ccc(C(=O)NCC3CCN(S(=O)(=O)c4ccccc4)CC3)cc2)n1. The maximum atomic E-state index is 12.7. The number of nitrogens with zero attached hydrogens (tertiary/aromatic N) is 3. The van der Waals surface area contributed by atoms with Crippen molar-refractivity contribution in [2.45, 2.75) is 24.7 Å². The average molecular weight is 441 g/mol. The van der Waals surface area contributed by atoms with Gasteiger partial charge < -0.3 is 9.84 Å². The first-order valence-electron chi connectivity index (χ1n) is 10.2. The summed E-state index contributed by atoms with van der Waals surface area (Å²) in [6.07, 6.45) is 1.42. The van der Waals surface area contributed by atoms with E-state index in [-0.39, 0.29) is 11.8 Å². The number of carbonyl (C=O) groups is 1. The van der Waals surface area contributed by atoms with Crippen molar-refractivity contribution in [1.29, 1.82) is 0 Å². The summed E-state index contributed by atoms with van der Waals surface area (Å²) >= 11 is 0. The number of nitrogens with one attached hydrogen (secondary N) is 1. The molecule has 31 heavy (non-hydrogen) atoms. The van der Waals surface area contributed by atoms with Gasteiger partial charge in [-0.1, -0.05) is 23.4 Å². The van der Waals surface area contributed by atoms with Gasteiger partial charge in [-0.05, 0) is 62.1 Å². The molecular weight excluding hydrogens is 416 g/mol. The summed E-state index contributed by atoms with van der Waals surface area (Å²) < 4.78 is 32.1. The van der Waals surface area contributed by atoms with E-state index in [9.17, 15) is 13.2 Å². The molecule has 2 heterocycles. The molecule has 0 unspecified atom stereocenters. The lowest BCUT2D eigenvalue weighted by Crippen LogP contribution is -2.41. The maximum absolute atomic E-state index is 12.7. The Hall–Kier alpha value is -3.04. The summed E-state index contributed by atoms with van der Waals surface area (Å²) in [5.41, 5.74) is 1.30. The second-order valence-corrected chi connectivity index (χ2v) is 9.53. The van der Waals surface area contributed by atoms with Crippen LogP contribution in [0.3, 0.4) is 0 Å². The molecule has 1 aromatic heterocycles. The zero-order valence-corrected chi connectivity index (χ0v) is 18.0. The van der Waals surface area contributed by atoms with Crippen LogP contribution in [-0.4, -0.2) is 48.4 Å². The fraction of sp³-hybridized carbons (Fsp3) is 0.318. The molecule has 1 N–H and O–H groups in total. The van der Waals surface area contributed by atoms with Crippen LogP contribution in [0.4, 0.5) is 0 Å². The molecule has 0 spiro atoms. The van der Waals surface area contributed by atoms with Crippen LogP contribution in [0.1, 0.15) is 29.0 Å². The molecule has 4 rings (SSSR count). The Morgan fingerprint density at radius 1 is 1.10 bits per heavy atom. The van der Waals surface area contributed by atoms with Gasteiger partial charge in [0.1, 0.15) is 0 Å². The first-order valence-corrected chi connectivity index (χ1v) is 11.6. The smallest absolute Gasteiger partial charge is 0.257 e. The van der Waals surface area contributed by atoms with Crippen molar-refractivity contribution in [3.8, 4) is 11.5 Å². The molecule has 0 atom stereocenters. The lowest BCUT2D eigenvalue weighted by atomic mass is 9.98. The number of piperidine rings is 1. The van der Waals surface area contributed by atoms with Gasteiger partial charge in [-0.3, -0.25) is 4.79 Å². The van der Waals surface area contributed by atoms with Crippen LogP contribution in [-0.2, 0) is 10.0 Å². The number of hydrogen-bond acceptors (Lipinski definition) is 6. The highest BCUT2D eigenvalue weighted by Gasteiger charge is 2.29. The molecule has 8 nitrogen and oxygen atoms in total. The second kappa shape index (κ2) is 8.99. The Morgan fingerprint density at radius 2 is 1.77 bits per heavy atom. The van der Waals surface area contributed by atoms with Gasteiger partial charge in [-0.2, -0.15) is 9.29 Å². The Balaban J connectivity index is 1.28. The molecule has 1 fully saturated rings. The predicted octanol–water partition coefficient (Wildman–Crippen LogP) is 2.88. The lowest BCUT2D eigenvalue weighted by molar-refractivity contribution is 0.0941. The number of hydrogen-bond donors (Lipinski definition) is 1. The Bertz CT molecular complexity index is 1140. The van der Waals surface area contributed by atoms with Gasteiger partial charge in [0.2, 0.25) is 10.0 Å². The van der Waals surface area contributed by atoms with Crippen LogP contribution in [0.15, 0.2) is 64.0 Å². The zero-order valence-electron chi connectivity index (χ0n) is 17.2. The molecule has 1 aliphatic rings. The number of carbonyl (C=O) groups excluding carboxylic acids is 1. The third-order valence-corrected chi connectivity index (χ3v) is 7.34. The Morgan fingerprint density at radius 3 is 2.39 bits per heavy atom. The highest BCUT2D eigenvalue weighted by molar-refractivity contribution is 7.89. The molecule has 0 bridgehead atoms. The van der Waals surface area contributed by atoms with Gasteiger partial charge in [0.05, 0.1) is 4.90 Å². The van der Waals surface area contributed by atoms with E-state index >= 15 is 0 Å². The molecule has 9 heteroatoms. The molecule has 3 aromatic rings. The van der Waals surface area contributed by atoms with E-state index < -0.39 is 10.0 Å². The van der Waals surface area contributed by atoms with Crippen molar-refractivity contribution in [3.63, 3.8) is 0 Å². The first-order chi connectivity index (χ1) is 14.9. The van der Waals surface area contributed by atoms with E-state index in [1.807, 2.05) is 0 Å². The summed E-state index contributed by atoms with van der Waals surface area (Å²) in [6, 6.07) is 15.5. The number of aryl methyl sites for hydroxylation is 1. The van der Waals surface area contributed by atoms with Crippen molar-refractivity contribution in [1.82, 2.24) is 19.8 Å². The molecule has 0 aliphatic carbocycles. The van der Waals surface area contributed by atoms with E-state index in [0.717, 1.165) is 5.56 Å². The summed E-state index contributed by atoms with van der Waals surface area (Å²) in [5, 5.41) is 6.72. The Kier molecular flexibility index (Phi) is 6.15. The topological polar surface area (TPSA) is 105 Å². The van der Waals surface area contributed by atoms with Crippen molar-refractivity contribution >= 4 is 15.9 Å². The van der Waals surface area contributed by atoms with Crippen LogP contribution >= 0.6 is 0 Å². The molecule has 1 amide bonds. The van der Waals surface area contributed by atoms with Crippen LogP contribution in [0, 0.1) is 12.8 Å². The lowest BCUT2D eigenvalue weighted by Gasteiger charge is -2.31. The van der Waals surface area contributed by atoms with Gasteiger partial charge >= 0.3 is 0 Å². The van der Waals surface area contributed by atoms with Crippen LogP contribution in [0.2, 0.25) is 0 Å². The molecule has 0 radical (unpaired) electrons. The fourth-order valence-electron chi connectivity index (χ4n) is 3.61. The number of benzene rings is 2. The molecule has 162 valence electrons. The van der Waals surface area contributed by atoms with Crippen molar-refractivity contribution in [2.75, 3.05) is 19.6 Å². The largest absolute Gasteiger partial charge is 0.352 e. The van der Waals surface area contributed by atoms with Crippen LogP contribution < -0.4 is 5.32 Å². The third-order valence-electron chi connectivity index (χ3n) is 5.43. The summed E-state index contributed by atoms with van der Waals surface area (Å²) in [7, 11) is -3.46. The monoisotopic (exact) mass is 440 g/mol. The van der Waals surface area contributed by atoms with E-state index in [1.165, 1.54) is 4.31 Å². The molecule has 1 saturated heterocycles. The minimum absolute atomic E-state index is 0.160. The average Bonchev–Trinajstić information content (AvgIpc) is 3.25. The van der Waals surface area contributed by atoms with Gasteiger partial charge in [-0.25, -0.2) is 8.42 Å². The minimum atomic E-state index is -3.46. The van der Waals surface area contributed by atoms with Crippen molar-refractivity contribution < 1.29 is 17.7 Å². The number of amides is 1. The van der Waals surface area contributed by atoms with Gasteiger partial charge in [-0.15, -0.1) is 0 Å². The molecule has 1 aliphatic heterocycles. The van der Waals surface area contributed by atoms with E-state index in [4.69, 9.17) is 4.52 Å². The molecule has 0 saturated carbocycles. The zero-order chi connectivity index (χ0) is 21.8. The molecular formula is C22H24N4O4S. The van der Waals surface area contributed by atoms with E-state index in [2.05, 4.69) is 15.5 Å². The standard InChI is InChI=1S/C22H24N4O4S/c1-16-24-22(30-25-16)19-9-7-18(8-10-19)21(27)23-15-17-11-13-26(14-12-17)31(28,29)20-5-3-2-4-6-20/h2-10,17H,11-15H2,1H3,(H,23,27). The van der Waals surface area contributed by atoms with Gasteiger partial charge in [0, 0.05) is 30.8 Å². The Labute approximate surface area is 181 Å². The van der Waals surface area contributed by atoms with Gasteiger partial charge in [0.25, 0.3) is 11.8 Å². The predicted molar refractivity (Wildman–Crippen MR) is 115 cm³/mol. The third kappa shape index (κ3) is 4.83. The summed E-state index contributed by atoms with van der Waals surface area (Å²) in [4.78, 5) is 17.0. The number of rotatable bonds is 6. The highest BCUT2D eigenvalue weighted by atomic mass is 32.2. The normalized spacial score (nSPS) is 15.6. The molecule has 2 aromatic carbocycles.